The van der Waals surface area contributed by atoms with Crippen LogP contribution in [0.25, 0.3) is 0 Å². The van der Waals surface area contributed by atoms with Gasteiger partial charge >= 0.3 is 0 Å². The minimum absolute atomic E-state index is 0.000327. The Kier molecular flexibility index (Phi) is 5.24. The first-order valence-electron chi connectivity index (χ1n) is 8.05. The van der Waals surface area contributed by atoms with Crippen molar-refractivity contribution in [3.8, 4) is 0 Å². The zero-order valence-electron chi connectivity index (χ0n) is 14.1. The Morgan fingerprint density at radius 3 is 2.55 bits per heavy atom. The maximum atomic E-state index is 12.7. The van der Waals surface area contributed by atoms with Crippen LogP contribution in [0.5, 0.6) is 0 Å². The number of aliphatic hydroxyl groups is 1. The van der Waals surface area contributed by atoms with Gasteiger partial charge in [0.25, 0.3) is 5.91 Å². The van der Waals surface area contributed by atoms with Crippen LogP contribution in [0, 0.1) is 19.3 Å². The van der Waals surface area contributed by atoms with E-state index < -0.39 is 0 Å². The van der Waals surface area contributed by atoms with Gasteiger partial charge in [0.2, 0.25) is 0 Å². The molecule has 4 nitrogen and oxygen atoms in total. The molecule has 1 aromatic rings. The Balaban J connectivity index is 2.09. The summed E-state index contributed by atoms with van der Waals surface area (Å²) >= 11 is 0. The van der Waals surface area contributed by atoms with Gasteiger partial charge in [-0.1, -0.05) is 32.0 Å². The number of aliphatic hydroxyl groups excluding tert-OH is 1. The molecule has 1 heterocycles. The summed E-state index contributed by atoms with van der Waals surface area (Å²) in [5.41, 5.74) is 2.84. The van der Waals surface area contributed by atoms with E-state index in [9.17, 15) is 4.79 Å². The highest BCUT2D eigenvalue weighted by atomic mass is 16.3. The standard InChI is InChI=1S/C18H28N2O2/c1-13-6-5-7-14(2)16(13)17(22)19-15-8-9-20(10-11-21)12-18(15,3)4/h5-7,15,21H,8-12H2,1-4H3,(H,19,22). The molecule has 0 spiro atoms. The summed E-state index contributed by atoms with van der Waals surface area (Å²) in [6, 6.07) is 6.11. The molecule has 0 radical (unpaired) electrons. The minimum Gasteiger partial charge on any atom is -0.395 e. The SMILES string of the molecule is Cc1cccc(C)c1C(=O)NC1CCN(CCO)CC1(C)C. The third kappa shape index (κ3) is 3.68. The number of amides is 1. The number of nitrogens with zero attached hydrogens (tertiary/aromatic N) is 1. The zero-order chi connectivity index (χ0) is 16.3. The Hall–Kier alpha value is -1.39. The van der Waals surface area contributed by atoms with Gasteiger partial charge in [0.05, 0.1) is 6.61 Å². The minimum atomic E-state index is -0.000327. The normalized spacial score (nSPS) is 21.6. The van der Waals surface area contributed by atoms with Crippen LogP contribution < -0.4 is 5.32 Å². The molecule has 1 amide bonds. The van der Waals surface area contributed by atoms with E-state index in [1.165, 1.54) is 0 Å². The summed E-state index contributed by atoms with van der Waals surface area (Å²) in [5, 5.41) is 12.3. The van der Waals surface area contributed by atoms with E-state index >= 15 is 0 Å². The van der Waals surface area contributed by atoms with E-state index in [1.807, 2.05) is 32.0 Å². The number of piperidine rings is 1. The molecule has 1 aliphatic rings. The quantitative estimate of drug-likeness (QED) is 0.896. The molecule has 2 N–H and O–H groups in total. The van der Waals surface area contributed by atoms with Crippen LogP contribution in [-0.4, -0.2) is 48.2 Å². The number of aryl methyl sites for hydroxylation is 2. The largest absolute Gasteiger partial charge is 0.395 e. The first-order chi connectivity index (χ1) is 10.3. The molecule has 1 aromatic carbocycles. The lowest BCUT2D eigenvalue weighted by Crippen LogP contribution is -2.56. The number of rotatable bonds is 4. The highest BCUT2D eigenvalue weighted by molar-refractivity contribution is 5.97. The van der Waals surface area contributed by atoms with Crippen molar-refractivity contribution >= 4 is 5.91 Å². The second-order valence-corrected chi connectivity index (χ2v) is 7.07. The second-order valence-electron chi connectivity index (χ2n) is 7.07. The molecule has 122 valence electrons. The number of carbonyl (C=O) groups is 1. The van der Waals surface area contributed by atoms with Crippen LogP contribution in [0.3, 0.4) is 0 Å². The number of likely N-dealkylation sites (tertiary alicyclic amines) is 1. The Labute approximate surface area is 133 Å². The number of benzene rings is 1. The third-order valence-corrected chi connectivity index (χ3v) is 4.74. The van der Waals surface area contributed by atoms with Crippen LogP contribution in [0.2, 0.25) is 0 Å². The molecule has 1 unspecified atom stereocenters. The number of carbonyl (C=O) groups excluding carboxylic acids is 1. The van der Waals surface area contributed by atoms with Crippen molar-refractivity contribution in [1.29, 1.82) is 0 Å². The molecule has 1 saturated heterocycles. The molecule has 1 atom stereocenters. The van der Waals surface area contributed by atoms with Crippen molar-refractivity contribution in [3.63, 3.8) is 0 Å². The van der Waals surface area contributed by atoms with Crippen LogP contribution in [-0.2, 0) is 0 Å². The van der Waals surface area contributed by atoms with Crippen molar-refractivity contribution in [2.75, 3.05) is 26.2 Å². The van der Waals surface area contributed by atoms with Gasteiger partial charge in [-0.25, -0.2) is 0 Å². The zero-order valence-corrected chi connectivity index (χ0v) is 14.1. The summed E-state index contributed by atoms with van der Waals surface area (Å²) in [7, 11) is 0. The summed E-state index contributed by atoms with van der Waals surface area (Å²) < 4.78 is 0. The Morgan fingerprint density at radius 2 is 2.00 bits per heavy atom. The summed E-state index contributed by atoms with van der Waals surface area (Å²) in [4.78, 5) is 15.0. The smallest absolute Gasteiger partial charge is 0.252 e. The number of β-amino-alcohol motifs (C(OH)–C–C–N with tert-alkyl or cyclic N) is 1. The van der Waals surface area contributed by atoms with E-state index in [-0.39, 0.29) is 24.0 Å². The lowest BCUT2D eigenvalue weighted by Gasteiger charge is -2.44. The van der Waals surface area contributed by atoms with Crippen molar-refractivity contribution in [3.05, 3.63) is 34.9 Å². The monoisotopic (exact) mass is 304 g/mol. The molecular formula is C18H28N2O2. The van der Waals surface area contributed by atoms with Crippen molar-refractivity contribution in [2.45, 2.75) is 40.2 Å². The summed E-state index contributed by atoms with van der Waals surface area (Å²) in [5.74, 6) is 0.0317. The fraction of sp³-hybridized carbons (Fsp3) is 0.611. The first-order valence-corrected chi connectivity index (χ1v) is 8.05. The lowest BCUT2D eigenvalue weighted by molar-refractivity contribution is 0.0571. The maximum absolute atomic E-state index is 12.7. The number of hydrogen-bond donors (Lipinski definition) is 2. The molecular weight excluding hydrogens is 276 g/mol. The van der Waals surface area contributed by atoms with Gasteiger partial charge in [-0.15, -0.1) is 0 Å². The number of nitrogens with one attached hydrogen (secondary N) is 1. The van der Waals surface area contributed by atoms with E-state index in [2.05, 4.69) is 24.1 Å². The van der Waals surface area contributed by atoms with E-state index in [4.69, 9.17) is 5.11 Å². The van der Waals surface area contributed by atoms with Gasteiger partial charge in [-0.05, 0) is 36.8 Å². The molecule has 0 aromatic heterocycles. The van der Waals surface area contributed by atoms with Crippen LogP contribution in [0.1, 0.15) is 41.8 Å². The van der Waals surface area contributed by atoms with E-state index in [0.29, 0.717) is 6.54 Å². The lowest BCUT2D eigenvalue weighted by atomic mass is 9.79. The molecule has 22 heavy (non-hydrogen) atoms. The number of hydrogen-bond acceptors (Lipinski definition) is 3. The Bertz CT molecular complexity index is 520. The average Bonchev–Trinajstić information content (AvgIpc) is 2.41. The van der Waals surface area contributed by atoms with E-state index in [1.54, 1.807) is 0 Å². The maximum Gasteiger partial charge on any atom is 0.252 e. The molecule has 0 saturated carbocycles. The second kappa shape index (κ2) is 6.80. The highest BCUT2D eigenvalue weighted by Crippen LogP contribution is 2.29. The topological polar surface area (TPSA) is 52.6 Å². The molecule has 4 heteroatoms. The fourth-order valence-electron chi connectivity index (χ4n) is 3.47. The van der Waals surface area contributed by atoms with Gasteiger partial charge < -0.3 is 15.3 Å². The molecule has 0 bridgehead atoms. The molecule has 1 fully saturated rings. The summed E-state index contributed by atoms with van der Waals surface area (Å²) in [6.07, 6.45) is 0.920. The predicted octanol–water partition coefficient (Wildman–Crippen LogP) is 2.13. The molecule has 1 aliphatic heterocycles. The highest BCUT2D eigenvalue weighted by Gasteiger charge is 2.36. The van der Waals surface area contributed by atoms with Gasteiger partial charge in [0, 0.05) is 31.2 Å². The van der Waals surface area contributed by atoms with Gasteiger partial charge in [0.1, 0.15) is 0 Å². The third-order valence-electron chi connectivity index (χ3n) is 4.74. The molecule has 2 rings (SSSR count). The first kappa shape index (κ1) is 17.0. The van der Waals surface area contributed by atoms with Gasteiger partial charge in [-0.3, -0.25) is 4.79 Å². The molecule has 0 aliphatic carbocycles. The predicted molar refractivity (Wildman–Crippen MR) is 89.1 cm³/mol. The summed E-state index contributed by atoms with van der Waals surface area (Å²) in [6.45, 7) is 11.1. The van der Waals surface area contributed by atoms with Gasteiger partial charge in [-0.2, -0.15) is 0 Å². The Morgan fingerprint density at radius 1 is 1.36 bits per heavy atom. The van der Waals surface area contributed by atoms with Crippen LogP contribution >= 0.6 is 0 Å². The van der Waals surface area contributed by atoms with Crippen LogP contribution in [0.4, 0.5) is 0 Å². The van der Waals surface area contributed by atoms with Crippen LogP contribution in [0.15, 0.2) is 18.2 Å². The average molecular weight is 304 g/mol. The van der Waals surface area contributed by atoms with E-state index in [0.717, 1.165) is 36.2 Å². The van der Waals surface area contributed by atoms with Crippen molar-refractivity contribution < 1.29 is 9.90 Å². The van der Waals surface area contributed by atoms with Crippen molar-refractivity contribution in [1.82, 2.24) is 10.2 Å². The fourth-order valence-corrected chi connectivity index (χ4v) is 3.47. The van der Waals surface area contributed by atoms with Gasteiger partial charge in [0.15, 0.2) is 0 Å². The van der Waals surface area contributed by atoms with Crippen molar-refractivity contribution in [2.24, 2.45) is 5.41 Å².